The third-order valence-corrected chi connectivity index (χ3v) is 4.99. The number of piperidine rings is 2. The van der Waals surface area contributed by atoms with Crippen LogP contribution in [-0.2, 0) is 0 Å². The van der Waals surface area contributed by atoms with Gasteiger partial charge in [-0.2, -0.15) is 0 Å². The van der Waals surface area contributed by atoms with E-state index in [9.17, 15) is 0 Å². The van der Waals surface area contributed by atoms with E-state index in [1.54, 1.807) is 0 Å². The lowest BCUT2D eigenvalue weighted by molar-refractivity contribution is 0.0328. The van der Waals surface area contributed by atoms with Crippen molar-refractivity contribution in [2.75, 3.05) is 26.2 Å². The first kappa shape index (κ1) is 14.3. The Morgan fingerprint density at radius 2 is 1.78 bits per heavy atom. The first-order valence-corrected chi connectivity index (χ1v) is 7.81. The minimum atomic E-state index is 0.643. The van der Waals surface area contributed by atoms with E-state index in [1.165, 1.54) is 45.3 Å². The maximum absolute atomic E-state index is 5.99. The van der Waals surface area contributed by atoms with Crippen molar-refractivity contribution >= 4 is 0 Å². The van der Waals surface area contributed by atoms with Crippen LogP contribution in [0.15, 0.2) is 0 Å². The Morgan fingerprint density at radius 3 is 2.33 bits per heavy atom. The maximum Gasteiger partial charge on any atom is 0.0223 e. The summed E-state index contributed by atoms with van der Waals surface area (Å²) in [5, 5.41) is 0. The third kappa shape index (κ3) is 3.25. The van der Waals surface area contributed by atoms with Crippen LogP contribution >= 0.6 is 0 Å². The van der Waals surface area contributed by atoms with Crippen molar-refractivity contribution < 1.29 is 0 Å². The van der Waals surface area contributed by atoms with Gasteiger partial charge in [-0.15, -0.1) is 0 Å². The molecule has 0 spiro atoms. The minimum Gasteiger partial charge on any atom is -0.329 e. The van der Waals surface area contributed by atoms with Gasteiger partial charge in [0, 0.05) is 24.7 Å². The first-order chi connectivity index (χ1) is 8.61. The standard InChI is InChI=1S/C15H31N3/c1-12(2)17-7-5-14(6-8-17)18-9-4-13(3)10-15(18)11-16/h12-15H,4-11,16H2,1-3H3. The summed E-state index contributed by atoms with van der Waals surface area (Å²) in [5.41, 5.74) is 5.99. The maximum atomic E-state index is 5.99. The summed E-state index contributed by atoms with van der Waals surface area (Å²) >= 11 is 0. The van der Waals surface area contributed by atoms with Crippen LogP contribution in [0.4, 0.5) is 0 Å². The van der Waals surface area contributed by atoms with Crippen LogP contribution in [-0.4, -0.2) is 54.1 Å². The van der Waals surface area contributed by atoms with Gasteiger partial charge in [0.25, 0.3) is 0 Å². The normalized spacial score (nSPS) is 33.2. The summed E-state index contributed by atoms with van der Waals surface area (Å²) < 4.78 is 0. The van der Waals surface area contributed by atoms with Crippen LogP contribution in [0.3, 0.4) is 0 Å². The second-order valence-corrected chi connectivity index (χ2v) is 6.62. The number of likely N-dealkylation sites (tertiary alicyclic amines) is 2. The summed E-state index contributed by atoms with van der Waals surface area (Å²) in [6.45, 7) is 11.7. The van der Waals surface area contributed by atoms with Crippen LogP contribution in [0.2, 0.25) is 0 Å². The van der Waals surface area contributed by atoms with Gasteiger partial charge in [-0.1, -0.05) is 6.92 Å². The van der Waals surface area contributed by atoms with Gasteiger partial charge in [0.1, 0.15) is 0 Å². The van der Waals surface area contributed by atoms with Crippen molar-refractivity contribution in [2.45, 2.75) is 64.6 Å². The quantitative estimate of drug-likeness (QED) is 0.834. The Morgan fingerprint density at radius 1 is 1.11 bits per heavy atom. The average Bonchev–Trinajstić information content (AvgIpc) is 2.38. The van der Waals surface area contributed by atoms with Crippen LogP contribution in [0.1, 0.15) is 46.5 Å². The minimum absolute atomic E-state index is 0.643. The Bertz CT molecular complexity index is 246. The highest BCUT2D eigenvalue weighted by atomic mass is 15.2. The molecular weight excluding hydrogens is 222 g/mol. The molecule has 2 saturated heterocycles. The average molecular weight is 253 g/mol. The number of rotatable bonds is 3. The van der Waals surface area contributed by atoms with Gasteiger partial charge in [-0.25, -0.2) is 0 Å². The van der Waals surface area contributed by atoms with Crippen LogP contribution in [0.25, 0.3) is 0 Å². The second-order valence-electron chi connectivity index (χ2n) is 6.62. The molecular formula is C15H31N3. The molecule has 2 aliphatic heterocycles. The fourth-order valence-electron chi connectivity index (χ4n) is 3.72. The molecule has 2 rings (SSSR count). The fourth-order valence-corrected chi connectivity index (χ4v) is 3.72. The molecule has 2 heterocycles. The van der Waals surface area contributed by atoms with Gasteiger partial charge in [-0.05, 0) is 65.1 Å². The first-order valence-electron chi connectivity index (χ1n) is 7.81. The van der Waals surface area contributed by atoms with Crippen molar-refractivity contribution in [1.29, 1.82) is 0 Å². The van der Waals surface area contributed by atoms with Gasteiger partial charge < -0.3 is 10.6 Å². The SMILES string of the molecule is CC1CCN(C2CCN(C(C)C)CC2)C(CN)C1. The summed E-state index contributed by atoms with van der Waals surface area (Å²) in [7, 11) is 0. The topological polar surface area (TPSA) is 32.5 Å². The Hall–Kier alpha value is -0.120. The Labute approximate surface area is 113 Å². The molecule has 2 fully saturated rings. The van der Waals surface area contributed by atoms with Crippen molar-refractivity contribution in [3.8, 4) is 0 Å². The highest BCUT2D eigenvalue weighted by molar-refractivity contribution is 4.89. The van der Waals surface area contributed by atoms with Gasteiger partial charge in [0.15, 0.2) is 0 Å². The number of nitrogens with two attached hydrogens (primary N) is 1. The zero-order chi connectivity index (χ0) is 13.1. The molecule has 2 N–H and O–H groups in total. The van der Waals surface area contributed by atoms with E-state index < -0.39 is 0 Å². The highest BCUT2D eigenvalue weighted by Gasteiger charge is 2.32. The summed E-state index contributed by atoms with van der Waals surface area (Å²) in [6, 6.07) is 2.14. The van der Waals surface area contributed by atoms with Crippen LogP contribution in [0, 0.1) is 5.92 Å². The second kappa shape index (κ2) is 6.36. The van der Waals surface area contributed by atoms with Crippen molar-refractivity contribution in [2.24, 2.45) is 11.7 Å². The van der Waals surface area contributed by atoms with Gasteiger partial charge in [-0.3, -0.25) is 4.90 Å². The monoisotopic (exact) mass is 253 g/mol. The molecule has 0 aliphatic carbocycles. The van der Waals surface area contributed by atoms with Crippen molar-refractivity contribution in [3.63, 3.8) is 0 Å². The molecule has 0 aromatic heterocycles. The van der Waals surface area contributed by atoms with E-state index in [-0.39, 0.29) is 0 Å². The van der Waals surface area contributed by atoms with E-state index in [4.69, 9.17) is 5.73 Å². The van der Waals surface area contributed by atoms with E-state index in [0.717, 1.165) is 18.5 Å². The lowest BCUT2D eigenvalue weighted by Crippen LogP contribution is -2.54. The lowest BCUT2D eigenvalue weighted by Gasteiger charge is -2.46. The zero-order valence-corrected chi connectivity index (χ0v) is 12.4. The predicted molar refractivity (Wildman–Crippen MR) is 77.7 cm³/mol. The molecule has 0 amide bonds. The number of hydrogen-bond donors (Lipinski definition) is 1. The Kier molecular flexibility index (Phi) is 5.05. The van der Waals surface area contributed by atoms with E-state index >= 15 is 0 Å². The largest absolute Gasteiger partial charge is 0.329 e. The molecule has 3 heteroatoms. The molecule has 2 unspecified atom stereocenters. The molecule has 0 aromatic carbocycles. The smallest absolute Gasteiger partial charge is 0.0223 e. The summed E-state index contributed by atoms with van der Waals surface area (Å²) in [5.74, 6) is 0.866. The molecule has 0 saturated carbocycles. The summed E-state index contributed by atoms with van der Waals surface area (Å²) in [6.07, 6.45) is 5.34. The lowest BCUT2D eigenvalue weighted by atomic mass is 9.89. The van der Waals surface area contributed by atoms with Crippen molar-refractivity contribution in [3.05, 3.63) is 0 Å². The summed E-state index contributed by atoms with van der Waals surface area (Å²) in [4.78, 5) is 5.35. The molecule has 106 valence electrons. The van der Waals surface area contributed by atoms with E-state index in [0.29, 0.717) is 12.1 Å². The number of hydrogen-bond acceptors (Lipinski definition) is 3. The molecule has 3 nitrogen and oxygen atoms in total. The van der Waals surface area contributed by atoms with Crippen molar-refractivity contribution in [1.82, 2.24) is 9.80 Å². The van der Waals surface area contributed by atoms with Crippen LogP contribution < -0.4 is 5.73 Å². The highest BCUT2D eigenvalue weighted by Crippen LogP contribution is 2.28. The molecule has 18 heavy (non-hydrogen) atoms. The molecule has 2 atom stereocenters. The molecule has 0 radical (unpaired) electrons. The third-order valence-electron chi connectivity index (χ3n) is 4.99. The molecule has 2 aliphatic rings. The number of nitrogens with zero attached hydrogens (tertiary/aromatic N) is 2. The van der Waals surface area contributed by atoms with E-state index in [1.807, 2.05) is 0 Å². The van der Waals surface area contributed by atoms with Gasteiger partial charge in [0.05, 0.1) is 0 Å². The predicted octanol–water partition coefficient (Wildman–Crippen LogP) is 1.92. The van der Waals surface area contributed by atoms with Crippen LogP contribution in [0.5, 0.6) is 0 Å². The molecule has 0 bridgehead atoms. The van der Waals surface area contributed by atoms with Gasteiger partial charge >= 0.3 is 0 Å². The van der Waals surface area contributed by atoms with E-state index in [2.05, 4.69) is 30.6 Å². The zero-order valence-electron chi connectivity index (χ0n) is 12.4. The Balaban J connectivity index is 1.88. The fraction of sp³-hybridized carbons (Fsp3) is 1.00. The molecule has 0 aromatic rings. The van der Waals surface area contributed by atoms with Gasteiger partial charge in [0.2, 0.25) is 0 Å².